The van der Waals surface area contributed by atoms with Gasteiger partial charge in [0.2, 0.25) is 0 Å². The predicted molar refractivity (Wildman–Crippen MR) is 307 cm³/mol. The Hall–Kier alpha value is -7.35. The Labute approximate surface area is 537 Å². The van der Waals surface area contributed by atoms with E-state index in [0.29, 0.717) is 36.7 Å². The molecule has 6 aromatic rings. The van der Waals surface area contributed by atoms with Crippen molar-refractivity contribution < 1.29 is 60.3 Å². The van der Waals surface area contributed by atoms with Gasteiger partial charge >= 0.3 is 60.3 Å². The fourth-order valence-corrected chi connectivity index (χ4v) is 6.14. The standard InChI is InChI=1S/3C8H12N4.3C7H6N5.3C3H8.3Ir/c3*1-9-3-5-11(7-9)12-6-4-10(2)8-12;3*1-2-4-8-6(3-1)5-7-9-11-12-10-7;3*1-3-2;;;/h3*3-8H,1-2H3;3*1-4H,5H2;3*3H2,1-2H3;;;/q3*-2;3*-1;;;;3*+3. The summed E-state index contributed by atoms with van der Waals surface area (Å²) in [7, 11) is 12.0. The zero-order valence-corrected chi connectivity index (χ0v) is 56.8. The van der Waals surface area contributed by atoms with Crippen molar-refractivity contribution in [2.45, 2.75) is 80.1 Å². The van der Waals surface area contributed by atoms with E-state index < -0.39 is 0 Å². The fraction of sp³-hybridized carbons (Fsp3) is 0.333. The Morgan fingerprint density at radius 2 is 0.524 bits per heavy atom. The molecule has 30 heteroatoms. The quantitative estimate of drug-likeness (QED) is 0.164. The molecule has 27 nitrogen and oxygen atoms in total. The molecule has 6 aliphatic heterocycles. The van der Waals surface area contributed by atoms with E-state index >= 15 is 0 Å². The zero-order chi connectivity index (χ0) is 58.5. The van der Waals surface area contributed by atoms with Gasteiger partial charge in [-0.3, -0.25) is 45.9 Å². The molecule has 0 fully saturated rings. The number of hydrogen-bond donors (Lipinski definition) is 0. The van der Waals surface area contributed by atoms with Crippen LogP contribution in [0.2, 0.25) is 0 Å². The zero-order valence-electron chi connectivity index (χ0n) is 49.6. The molecule has 6 aromatic heterocycles. The fourth-order valence-electron chi connectivity index (χ4n) is 6.14. The van der Waals surface area contributed by atoms with Gasteiger partial charge in [0, 0.05) is 110 Å². The molecule has 0 saturated carbocycles. The summed E-state index contributed by atoms with van der Waals surface area (Å²) in [4.78, 5) is 24.4. The van der Waals surface area contributed by atoms with Gasteiger partial charge in [0.15, 0.2) is 0 Å². The van der Waals surface area contributed by atoms with Crippen LogP contribution in [0, 0.1) is 40.0 Å². The normalized spacial score (nSPS) is 14.3. The molecule has 456 valence electrons. The van der Waals surface area contributed by atoms with Crippen LogP contribution in [0.5, 0.6) is 0 Å². The van der Waals surface area contributed by atoms with E-state index in [4.69, 9.17) is 0 Å². The maximum absolute atomic E-state index is 4.12. The van der Waals surface area contributed by atoms with Crippen molar-refractivity contribution in [1.82, 2.24) is 136 Å². The van der Waals surface area contributed by atoms with Crippen LogP contribution in [0.25, 0.3) is 0 Å². The van der Waals surface area contributed by atoms with Crippen molar-refractivity contribution in [1.29, 1.82) is 0 Å². The summed E-state index contributed by atoms with van der Waals surface area (Å²) in [5.41, 5.74) is 2.77. The van der Waals surface area contributed by atoms with Gasteiger partial charge in [-0.2, -0.15) is 15.6 Å². The average molecular weight is 1680 g/mol. The summed E-state index contributed by atoms with van der Waals surface area (Å²) in [5.74, 6) is 1.82. The maximum atomic E-state index is 4.12. The summed E-state index contributed by atoms with van der Waals surface area (Å²) < 4.78 is 0. The molecule has 0 bridgehead atoms. The monoisotopic (exact) mass is 1680 g/mol. The molecule has 0 spiro atoms. The summed E-state index contributed by atoms with van der Waals surface area (Å²) >= 11 is 0. The van der Waals surface area contributed by atoms with Crippen LogP contribution in [0.3, 0.4) is 0 Å². The van der Waals surface area contributed by atoms with Crippen LogP contribution in [-0.2, 0) is 79.6 Å². The van der Waals surface area contributed by atoms with Crippen molar-refractivity contribution in [2.75, 3.05) is 42.3 Å². The third-order valence-corrected chi connectivity index (χ3v) is 9.61. The number of nitrogens with zero attached hydrogens (tertiary/aromatic N) is 27. The minimum atomic E-state index is 0. The third kappa shape index (κ3) is 30.3. The van der Waals surface area contributed by atoms with E-state index in [0.717, 1.165) is 17.1 Å². The van der Waals surface area contributed by atoms with Crippen LogP contribution in [0.15, 0.2) is 148 Å². The van der Waals surface area contributed by atoms with Crippen molar-refractivity contribution in [3.8, 4) is 0 Å². The van der Waals surface area contributed by atoms with Crippen molar-refractivity contribution in [3.05, 3.63) is 222 Å². The largest absolute Gasteiger partial charge is 3.00 e. The van der Waals surface area contributed by atoms with Gasteiger partial charge in [0.05, 0.1) is 0 Å². The predicted octanol–water partition coefficient (Wildman–Crippen LogP) is 5.42. The van der Waals surface area contributed by atoms with Crippen molar-refractivity contribution in [3.63, 3.8) is 0 Å². The first-order valence-electron chi connectivity index (χ1n) is 26.3. The molecule has 0 N–H and O–H groups in total. The van der Waals surface area contributed by atoms with E-state index in [1.165, 1.54) is 19.3 Å². The average Bonchev–Trinajstić information content (AvgIpc) is 4.47. The Morgan fingerprint density at radius 1 is 0.321 bits per heavy atom. The van der Waals surface area contributed by atoms with E-state index in [1.54, 1.807) is 18.6 Å². The van der Waals surface area contributed by atoms with E-state index in [9.17, 15) is 0 Å². The smallest absolute Gasteiger partial charge is 0.509 e. The Kier molecular flexibility index (Phi) is 39.3. The summed E-state index contributed by atoms with van der Waals surface area (Å²) in [6.07, 6.45) is 34.7. The Balaban J connectivity index is 0.000000486. The molecule has 0 aliphatic carbocycles. The maximum Gasteiger partial charge on any atom is 3.00 e. The molecule has 0 saturated heterocycles. The molecule has 0 aromatic carbocycles. The van der Waals surface area contributed by atoms with Gasteiger partial charge < -0.3 is 74.7 Å². The molecule has 12 rings (SSSR count). The molecular formula is C54H78Ir3N27. The molecule has 0 radical (unpaired) electrons. The minimum absolute atomic E-state index is 0. The second kappa shape index (κ2) is 44.2. The second-order valence-corrected chi connectivity index (χ2v) is 17.8. The van der Waals surface area contributed by atoms with Gasteiger partial charge in [-0.05, 0) is 116 Å². The summed E-state index contributed by atoms with van der Waals surface area (Å²) in [5, 5.41) is 54.5. The first-order valence-corrected chi connectivity index (χ1v) is 26.3. The van der Waals surface area contributed by atoms with Gasteiger partial charge in [-0.25, -0.2) is 0 Å². The van der Waals surface area contributed by atoms with Gasteiger partial charge in [0.1, 0.15) is 0 Å². The van der Waals surface area contributed by atoms with Crippen LogP contribution < -0.4 is 15.3 Å². The van der Waals surface area contributed by atoms with Gasteiger partial charge in [-0.15, -0.1) is 40.0 Å². The van der Waals surface area contributed by atoms with Gasteiger partial charge in [-0.1, -0.05) is 79.0 Å². The minimum Gasteiger partial charge on any atom is -0.509 e. The second-order valence-electron chi connectivity index (χ2n) is 17.8. The van der Waals surface area contributed by atoms with Crippen LogP contribution in [0.1, 0.15) is 95.4 Å². The van der Waals surface area contributed by atoms with E-state index in [-0.39, 0.29) is 60.3 Å². The van der Waals surface area contributed by atoms with Crippen molar-refractivity contribution in [2.24, 2.45) is 0 Å². The molecule has 12 heterocycles. The van der Waals surface area contributed by atoms with E-state index in [1.807, 2.05) is 271 Å². The first kappa shape index (κ1) is 74.7. The van der Waals surface area contributed by atoms with Crippen LogP contribution >= 0.6 is 0 Å². The third-order valence-electron chi connectivity index (χ3n) is 9.61. The van der Waals surface area contributed by atoms with Crippen molar-refractivity contribution >= 4 is 0 Å². The Bertz CT molecular complexity index is 2290. The number of hydrazine groups is 3. The first-order chi connectivity index (χ1) is 39.4. The molecule has 84 heavy (non-hydrogen) atoms. The number of aromatic nitrogens is 15. The van der Waals surface area contributed by atoms with E-state index in [2.05, 4.69) is 118 Å². The molecule has 6 aliphatic rings. The molecular weight excluding hydrogens is 1600 g/mol. The Morgan fingerprint density at radius 3 is 0.655 bits per heavy atom. The molecule has 0 unspecified atom stereocenters. The SMILES string of the molecule is CCC.CCC.CCC.CN1C=CN(N2C=CN(C)[CH-]2)[CH-]1.CN1C=CN(N2C=CN(C)[CH-]2)[CH-]1.CN1C=CN(N2C=CN(C)[CH-]2)[CH-]1.[Ir+3].[Ir+3].[Ir+3].c1ccc(Cc2nnn[n-]2)nc1.c1ccc(Cc2nnn[n-]2)nc1.c1ccc(Cc2nnn[n-]2)nc1. The van der Waals surface area contributed by atoms with Gasteiger partial charge in [0.25, 0.3) is 0 Å². The topological polar surface area (TPSA) is 236 Å². The number of tetrazole rings is 3. The summed E-state index contributed by atoms with van der Waals surface area (Å²) in [6.45, 7) is 24.8. The molecule has 0 amide bonds. The number of rotatable bonds is 9. The van der Waals surface area contributed by atoms with Crippen LogP contribution in [-0.4, -0.2) is 163 Å². The number of hydrogen-bond acceptors (Lipinski definition) is 24. The number of pyridine rings is 3. The molecule has 0 atom stereocenters. The van der Waals surface area contributed by atoms with Crippen LogP contribution in [0.4, 0.5) is 0 Å². The summed E-state index contributed by atoms with van der Waals surface area (Å²) in [6, 6.07) is 17.1.